The standard InChI is InChI=1S/C13H14F2N2/c1-7(2)11-6-12(16-3)8-4-9(14)10(15)5-13(8)17-11/h4-7H,1-3H3,(H,16,17). The highest BCUT2D eigenvalue weighted by atomic mass is 19.2. The molecule has 0 aliphatic rings. The number of hydrogen-bond donors (Lipinski definition) is 1. The van der Waals surface area contributed by atoms with E-state index in [1.54, 1.807) is 7.05 Å². The zero-order valence-electron chi connectivity index (χ0n) is 10.0. The fraction of sp³-hybridized carbons (Fsp3) is 0.308. The number of benzene rings is 1. The Morgan fingerprint density at radius 2 is 1.76 bits per heavy atom. The highest BCUT2D eigenvalue weighted by Gasteiger charge is 2.11. The monoisotopic (exact) mass is 236 g/mol. The Morgan fingerprint density at radius 1 is 1.12 bits per heavy atom. The van der Waals surface area contributed by atoms with Crippen LogP contribution in [0.4, 0.5) is 14.5 Å². The topological polar surface area (TPSA) is 24.9 Å². The predicted molar refractivity (Wildman–Crippen MR) is 65.3 cm³/mol. The van der Waals surface area contributed by atoms with Crippen LogP contribution in [0, 0.1) is 11.6 Å². The van der Waals surface area contributed by atoms with Gasteiger partial charge in [0.2, 0.25) is 0 Å². The van der Waals surface area contributed by atoms with E-state index >= 15 is 0 Å². The second kappa shape index (κ2) is 4.28. The Balaban J connectivity index is 2.78. The van der Waals surface area contributed by atoms with Crippen molar-refractivity contribution in [1.82, 2.24) is 4.98 Å². The second-order valence-electron chi connectivity index (χ2n) is 4.28. The second-order valence-corrected chi connectivity index (χ2v) is 4.28. The molecule has 1 N–H and O–H groups in total. The Bertz CT molecular complexity index is 565. The largest absolute Gasteiger partial charge is 0.388 e. The van der Waals surface area contributed by atoms with E-state index in [0.717, 1.165) is 17.4 Å². The lowest BCUT2D eigenvalue weighted by molar-refractivity contribution is 0.510. The lowest BCUT2D eigenvalue weighted by Crippen LogP contribution is -1.99. The summed E-state index contributed by atoms with van der Waals surface area (Å²) in [5.41, 5.74) is 2.09. The molecule has 0 unspecified atom stereocenters. The summed E-state index contributed by atoms with van der Waals surface area (Å²) in [5.74, 6) is -1.49. The van der Waals surface area contributed by atoms with Gasteiger partial charge < -0.3 is 5.32 Å². The SMILES string of the molecule is CNc1cc(C(C)C)nc2cc(F)c(F)cc12. The molecule has 0 aliphatic heterocycles. The first-order chi connectivity index (χ1) is 8.02. The third-order valence-corrected chi connectivity index (χ3v) is 2.73. The van der Waals surface area contributed by atoms with Gasteiger partial charge in [0.1, 0.15) is 0 Å². The number of nitrogens with zero attached hydrogens (tertiary/aromatic N) is 1. The van der Waals surface area contributed by atoms with Gasteiger partial charge in [0.15, 0.2) is 11.6 Å². The fourth-order valence-corrected chi connectivity index (χ4v) is 1.74. The molecule has 2 nitrogen and oxygen atoms in total. The number of fused-ring (bicyclic) bond motifs is 1. The fourth-order valence-electron chi connectivity index (χ4n) is 1.74. The molecular formula is C13H14F2N2. The van der Waals surface area contributed by atoms with Crippen molar-refractivity contribution in [3.05, 3.63) is 35.5 Å². The summed E-state index contributed by atoms with van der Waals surface area (Å²) in [6.45, 7) is 4.01. The van der Waals surface area contributed by atoms with Gasteiger partial charge in [-0.15, -0.1) is 0 Å². The van der Waals surface area contributed by atoms with Crippen LogP contribution in [0.5, 0.6) is 0 Å². The van der Waals surface area contributed by atoms with Crippen molar-refractivity contribution in [2.75, 3.05) is 12.4 Å². The van der Waals surface area contributed by atoms with E-state index in [-0.39, 0.29) is 5.92 Å². The zero-order chi connectivity index (χ0) is 12.6. The van der Waals surface area contributed by atoms with Crippen LogP contribution >= 0.6 is 0 Å². The smallest absolute Gasteiger partial charge is 0.161 e. The van der Waals surface area contributed by atoms with Gasteiger partial charge in [-0.05, 0) is 18.1 Å². The first kappa shape index (κ1) is 11.8. The summed E-state index contributed by atoms with van der Waals surface area (Å²) >= 11 is 0. The summed E-state index contributed by atoms with van der Waals surface area (Å²) in [4.78, 5) is 4.34. The van der Waals surface area contributed by atoms with Crippen molar-refractivity contribution in [2.24, 2.45) is 0 Å². The van der Waals surface area contributed by atoms with E-state index in [2.05, 4.69) is 10.3 Å². The lowest BCUT2D eigenvalue weighted by atomic mass is 10.1. The molecule has 1 heterocycles. The number of hydrogen-bond acceptors (Lipinski definition) is 2. The normalized spacial score (nSPS) is 11.2. The molecule has 0 atom stereocenters. The Labute approximate surface area is 98.7 Å². The maximum atomic E-state index is 13.2. The van der Waals surface area contributed by atoms with Gasteiger partial charge >= 0.3 is 0 Å². The summed E-state index contributed by atoms with van der Waals surface area (Å²) in [6.07, 6.45) is 0. The third-order valence-electron chi connectivity index (χ3n) is 2.73. The van der Waals surface area contributed by atoms with Crippen LogP contribution in [-0.2, 0) is 0 Å². The molecule has 0 saturated carbocycles. The Morgan fingerprint density at radius 3 is 2.35 bits per heavy atom. The summed E-state index contributed by atoms with van der Waals surface area (Å²) < 4.78 is 26.4. The molecule has 0 fully saturated rings. The maximum Gasteiger partial charge on any atom is 0.161 e. The van der Waals surface area contributed by atoms with Crippen LogP contribution in [0.1, 0.15) is 25.5 Å². The summed E-state index contributed by atoms with van der Waals surface area (Å²) in [5, 5.41) is 3.58. The van der Waals surface area contributed by atoms with E-state index in [9.17, 15) is 8.78 Å². The van der Waals surface area contributed by atoms with Gasteiger partial charge in [0, 0.05) is 29.9 Å². The van der Waals surface area contributed by atoms with Gasteiger partial charge in [-0.2, -0.15) is 0 Å². The molecule has 0 bridgehead atoms. The molecule has 1 aromatic carbocycles. The van der Waals surface area contributed by atoms with Crippen molar-refractivity contribution in [1.29, 1.82) is 0 Å². The van der Waals surface area contributed by atoms with Crippen LogP contribution in [0.15, 0.2) is 18.2 Å². The Hall–Kier alpha value is -1.71. The van der Waals surface area contributed by atoms with E-state index in [1.165, 1.54) is 6.07 Å². The summed E-state index contributed by atoms with van der Waals surface area (Å²) in [6, 6.07) is 4.18. The maximum absolute atomic E-state index is 13.2. The molecule has 4 heteroatoms. The number of halogens is 2. The first-order valence-corrected chi connectivity index (χ1v) is 5.50. The molecule has 0 spiro atoms. The zero-order valence-corrected chi connectivity index (χ0v) is 10.0. The molecule has 17 heavy (non-hydrogen) atoms. The van der Waals surface area contributed by atoms with Gasteiger partial charge in [0.25, 0.3) is 0 Å². The summed E-state index contributed by atoms with van der Waals surface area (Å²) in [7, 11) is 1.75. The van der Waals surface area contributed by atoms with Crippen molar-refractivity contribution < 1.29 is 8.78 Å². The van der Waals surface area contributed by atoms with Crippen molar-refractivity contribution in [2.45, 2.75) is 19.8 Å². The van der Waals surface area contributed by atoms with Crippen LogP contribution in [0.25, 0.3) is 10.9 Å². The minimum absolute atomic E-state index is 0.236. The molecule has 0 radical (unpaired) electrons. The molecule has 0 amide bonds. The molecule has 2 aromatic rings. The van der Waals surface area contributed by atoms with Crippen molar-refractivity contribution in [3.8, 4) is 0 Å². The number of pyridine rings is 1. The number of rotatable bonds is 2. The van der Waals surface area contributed by atoms with E-state index in [1.807, 2.05) is 19.9 Å². The number of anilines is 1. The van der Waals surface area contributed by atoms with Crippen molar-refractivity contribution >= 4 is 16.6 Å². The van der Waals surface area contributed by atoms with E-state index in [4.69, 9.17) is 0 Å². The minimum Gasteiger partial charge on any atom is -0.388 e. The molecule has 1 aromatic heterocycles. The third kappa shape index (κ3) is 2.07. The quantitative estimate of drug-likeness (QED) is 0.860. The molecular weight excluding hydrogens is 222 g/mol. The highest BCUT2D eigenvalue weighted by molar-refractivity contribution is 5.91. The van der Waals surface area contributed by atoms with Crippen molar-refractivity contribution in [3.63, 3.8) is 0 Å². The number of aromatic nitrogens is 1. The average molecular weight is 236 g/mol. The molecule has 0 aliphatic carbocycles. The molecule has 0 saturated heterocycles. The first-order valence-electron chi connectivity index (χ1n) is 5.50. The van der Waals surface area contributed by atoms with E-state index in [0.29, 0.717) is 10.9 Å². The molecule has 2 rings (SSSR count). The lowest BCUT2D eigenvalue weighted by Gasteiger charge is -2.11. The van der Waals surface area contributed by atoms with Gasteiger partial charge in [-0.25, -0.2) is 8.78 Å². The van der Waals surface area contributed by atoms with Crippen LogP contribution < -0.4 is 5.32 Å². The molecule has 90 valence electrons. The van der Waals surface area contributed by atoms with Crippen LogP contribution in [0.3, 0.4) is 0 Å². The van der Waals surface area contributed by atoms with Gasteiger partial charge in [-0.1, -0.05) is 13.8 Å². The Kier molecular flexibility index (Phi) is 2.96. The minimum atomic E-state index is -0.868. The van der Waals surface area contributed by atoms with Crippen LogP contribution in [-0.4, -0.2) is 12.0 Å². The predicted octanol–water partition coefficient (Wildman–Crippen LogP) is 3.68. The number of nitrogens with one attached hydrogen (secondary N) is 1. The van der Waals surface area contributed by atoms with Gasteiger partial charge in [0.05, 0.1) is 5.52 Å². The van der Waals surface area contributed by atoms with E-state index < -0.39 is 11.6 Å². The van der Waals surface area contributed by atoms with Crippen LogP contribution in [0.2, 0.25) is 0 Å². The highest BCUT2D eigenvalue weighted by Crippen LogP contribution is 2.27. The average Bonchev–Trinajstić information content (AvgIpc) is 2.29. The van der Waals surface area contributed by atoms with Gasteiger partial charge in [-0.3, -0.25) is 4.98 Å².